The lowest BCUT2D eigenvalue weighted by Crippen LogP contribution is -2.25. The minimum absolute atomic E-state index is 0.00676. The molecule has 0 aromatic heterocycles. The maximum absolute atomic E-state index is 12.4. The third-order valence-electron chi connectivity index (χ3n) is 5.27. The highest BCUT2D eigenvalue weighted by Gasteiger charge is 2.13. The number of ether oxygens (including phenoxy) is 2. The van der Waals surface area contributed by atoms with Crippen LogP contribution in [0.3, 0.4) is 0 Å². The van der Waals surface area contributed by atoms with Gasteiger partial charge in [-0.15, -0.1) is 0 Å². The maximum Gasteiger partial charge on any atom is 0.262 e. The van der Waals surface area contributed by atoms with Gasteiger partial charge in [-0.3, -0.25) is 9.59 Å². The monoisotopic (exact) mass is 531 g/mol. The molecule has 0 bridgehead atoms. The molecule has 9 heteroatoms. The molecule has 2 N–H and O–H groups in total. The minimum atomic E-state index is -0.454. The van der Waals surface area contributed by atoms with Crippen molar-refractivity contribution in [2.45, 2.75) is 45.4 Å². The van der Waals surface area contributed by atoms with Crippen molar-refractivity contribution < 1.29 is 19.1 Å². The third-order valence-corrected chi connectivity index (χ3v) is 5.90. The van der Waals surface area contributed by atoms with Gasteiger partial charge in [0.05, 0.1) is 22.8 Å². The normalized spacial score (nSPS) is 10.9. The van der Waals surface area contributed by atoms with Gasteiger partial charge >= 0.3 is 0 Å². The Morgan fingerprint density at radius 1 is 1.03 bits per heavy atom. The molecule has 0 saturated carbocycles. The molecule has 2 amide bonds. The zero-order chi connectivity index (χ0) is 26.3. The number of unbranched alkanes of at least 4 members (excludes halogenated alkanes) is 5. The Morgan fingerprint density at radius 3 is 2.39 bits per heavy atom. The van der Waals surface area contributed by atoms with E-state index < -0.39 is 11.8 Å². The molecule has 36 heavy (non-hydrogen) atoms. The summed E-state index contributed by atoms with van der Waals surface area (Å²) in [6, 6.07) is 11.7. The van der Waals surface area contributed by atoms with Gasteiger partial charge in [0.2, 0.25) is 0 Å². The molecule has 0 aliphatic rings. The molecule has 2 aromatic carbocycles. The first-order valence-corrected chi connectivity index (χ1v) is 12.6. The number of anilines is 1. The quantitative estimate of drug-likeness (QED) is 0.167. The van der Waals surface area contributed by atoms with Crippen molar-refractivity contribution in [3.8, 4) is 17.6 Å². The molecule has 7 nitrogen and oxygen atoms in total. The number of rotatable bonds is 14. The summed E-state index contributed by atoms with van der Waals surface area (Å²) >= 11 is 12.1. The second-order valence-corrected chi connectivity index (χ2v) is 8.85. The van der Waals surface area contributed by atoms with Crippen molar-refractivity contribution in [2.75, 3.05) is 25.6 Å². The van der Waals surface area contributed by atoms with E-state index in [1.165, 1.54) is 32.4 Å². The fourth-order valence-electron chi connectivity index (χ4n) is 3.35. The Labute approximate surface area is 222 Å². The molecule has 0 atom stereocenters. The Kier molecular flexibility index (Phi) is 12.7. The van der Waals surface area contributed by atoms with E-state index in [9.17, 15) is 14.9 Å². The molecule has 0 heterocycles. The number of amides is 2. The summed E-state index contributed by atoms with van der Waals surface area (Å²) in [6.07, 6.45) is 8.18. The van der Waals surface area contributed by atoms with Gasteiger partial charge < -0.3 is 20.1 Å². The molecular weight excluding hydrogens is 501 g/mol. The van der Waals surface area contributed by atoms with E-state index >= 15 is 0 Å². The molecule has 0 spiro atoms. The second-order valence-electron chi connectivity index (χ2n) is 8.04. The zero-order valence-electron chi connectivity index (χ0n) is 20.5. The largest absolute Gasteiger partial charge is 0.493 e. The Bertz CT molecular complexity index is 1090. The van der Waals surface area contributed by atoms with E-state index in [1.54, 1.807) is 36.4 Å². The number of carbonyl (C=O) groups excluding carboxylic acids is 2. The molecular formula is C27H31Cl2N3O4. The Hall–Kier alpha value is -3.21. The Morgan fingerprint density at radius 2 is 1.72 bits per heavy atom. The zero-order valence-corrected chi connectivity index (χ0v) is 22.0. The molecule has 2 rings (SSSR count). The van der Waals surface area contributed by atoms with Crippen LogP contribution in [-0.4, -0.2) is 32.1 Å². The number of methoxy groups -OCH3 is 1. The van der Waals surface area contributed by atoms with Gasteiger partial charge in [-0.1, -0.05) is 74.4 Å². The van der Waals surface area contributed by atoms with Crippen LogP contribution in [0.25, 0.3) is 6.08 Å². The smallest absolute Gasteiger partial charge is 0.262 e. The standard InChI is InChI=1S/C27H31Cl2N3O4/c1-3-4-5-6-7-8-14-31-27(34)20(17-30)15-19-12-13-23(24(16-19)35-2)36-18-25(33)32-26-21(28)10-9-11-22(26)29/h9-13,15-16H,3-8,14,18H2,1-2H3,(H,31,34)(H,32,33). The highest BCUT2D eigenvalue weighted by atomic mass is 35.5. The lowest BCUT2D eigenvalue weighted by Gasteiger charge is -2.13. The van der Waals surface area contributed by atoms with Crippen LogP contribution in [-0.2, 0) is 9.59 Å². The summed E-state index contributed by atoms with van der Waals surface area (Å²) in [5, 5.41) is 15.5. The number of hydrogen-bond donors (Lipinski definition) is 2. The van der Waals surface area contributed by atoms with Gasteiger partial charge in [0.15, 0.2) is 18.1 Å². The van der Waals surface area contributed by atoms with Crippen molar-refractivity contribution in [1.82, 2.24) is 5.32 Å². The molecule has 0 radical (unpaired) electrons. The van der Waals surface area contributed by atoms with E-state index in [-0.39, 0.29) is 12.2 Å². The van der Waals surface area contributed by atoms with Gasteiger partial charge in [0.25, 0.3) is 11.8 Å². The molecule has 0 unspecified atom stereocenters. The fourth-order valence-corrected chi connectivity index (χ4v) is 3.84. The molecule has 0 saturated heterocycles. The number of nitrogens with zero attached hydrogens (tertiary/aromatic N) is 1. The maximum atomic E-state index is 12.4. The molecule has 2 aromatic rings. The first-order valence-electron chi connectivity index (χ1n) is 11.8. The lowest BCUT2D eigenvalue weighted by atomic mass is 10.1. The molecule has 0 aliphatic heterocycles. The van der Waals surface area contributed by atoms with Crippen LogP contribution in [0.1, 0.15) is 51.0 Å². The number of hydrogen-bond acceptors (Lipinski definition) is 5. The van der Waals surface area contributed by atoms with Crippen LogP contribution in [0, 0.1) is 11.3 Å². The predicted molar refractivity (Wildman–Crippen MR) is 144 cm³/mol. The van der Waals surface area contributed by atoms with Crippen LogP contribution < -0.4 is 20.1 Å². The first-order chi connectivity index (χ1) is 17.4. The molecule has 192 valence electrons. The predicted octanol–water partition coefficient (Wildman–Crippen LogP) is 6.40. The second kappa shape index (κ2) is 15.7. The van der Waals surface area contributed by atoms with Crippen molar-refractivity contribution >= 4 is 46.8 Å². The topological polar surface area (TPSA) is 100 Å². The lowest BCUT2D eigenvalue weighted by molar-refractivity contribution is -0.118. The fraction of sp³-hybridized carbons (Fsp3) is 0.370. The van der Waals surface area contributed by atoms with E-state index in [4.69, 9.17) is 32.7 Å². The van der Waals surface area contributed by atoms with E-state index in [1.807, 2.05) is 6.07 Å². The van der Waals surface area contributed by atoms with Crippen LogP contribution in [0.5, 0.6) is 11.5 Å². The summed E-state index contributed by atoms with van der Waals surface area (Å²) in [5.74, 6) is -0.205. The summed E-state index contributed by atoms with van der Waals surface area (Å²) in [5.41, 5.74) is 0.881. The average Bonchev–Trinajstić information content (AvgIpc) is 2.87. The van der Waals surface area contributed by atoms with Gasteiger partial charge in [-0.05, 0) is 42.3 Å². The van der Waals surface area contributed by atoms with E-state index in [2.05, 4.69) is 17.6 Å². The number of nitrogens with one attached hydrogen (secondary N) is 2. The van der Waals surface area contributed by atoms with Crippen LogP contribution in [0.15, 0.2) is 42.0 Å². The summed E-state index contributed by atoms with van der Waals surface area (Å²) < 4.78 is 10.9. The average molecular weight is 532 g/mol. The minimum Gasteiger partial charge on any atom is -0.493 e. The van der Waals surface area contributed by atoms with Gasteiger partial charge in [-0.25, -0.2) is 0 Å². The van der Waals surface area contributed by atoms with Gasteiger partial charge in [0.1, 0.15) is 11.6 Å². The van der Waals surface area contributed by atoms with Crippen LogP contribution in [0.2, 0.25) is 10.0 Å². The van der Waals surface area contributed by atoms with Gasteiger partial charge in [0, 0.05) is 6.54 Å². The highest BCUT2D eigenvalue weighted by molar-refractivity contribution is 6.39. The SMILES string of the molecule is CCCCCCCCNC(=O)C(C#N)=Cc1ccc(OCC(=O)Nc2c(Cl)cccc2Cl)c(OC)c1. The summed E-state index contributed by atoms with van der Waals surface area (Å²) in [4.78, 5) is 24.7. The van der Waals surface area contributed by atoms with E-state index in [0.717, 1.165) is 19.3 Å². The van der Waals surface area contributed by atoms with Crippen molar-refractivity contribution in [1.29, 1.82) is 5.26 Å². The third kappa shape index (κ3) is 9.44. The Balaban J connectivity index is 1.95. The number of carbonyl (C=O) groups is 2. The van der Waals surface area contributed by atoms with Crippen molar-refractivity contribution in [2.24, 2.45) is 0 Å². The van der Waals surface area contributed by atoms with E-state index in [0.29, 0.717) is 39.3 Å². The highest BCUT2D eigenvalue weighted by Crippen LogP contribution is 2.31. The molecule has 0 fully saturated rings. The van der Waals surface area contributed by atoms with Crippen molar-refractivity contribution in [3.05, 3.63) is 57.6 Å². The number of nitriles is 1. The first kappa shape index (κ1) is 29.0. The van der Waals surface area contributed by atoms with Gasteiger partial charge in [-0.2, -0.15) is 5.26 Å². The molecule has 0 aliphatic carbocycles. The van der Waals surface area contributed by atoms with Crippen molar-refractivity contribution in [3.63, 3.8) is 0 Å². The summed E-state index contributed by atoms with van der Waals surface area (Å²) in [6.45, 7) is 2.39. The summed E-state index contributed by atoms with van der Waals surface area (Å²) in [7, 11) is 1.46. The van der Waals surface area contributed by atoms with Crippen LogP contribution >= 0.6 is 23.2 Å². The number of halogens is 2. The van der Waals surface area contributed by atoms with Crippen LogP contribution in [0.4, 0.5) is 5.69 Å². The number of para-hydroxylation sites is 1. The number of benzene rings is 2.